The van der Waals surface area contributed by atoms with E-state index in [1.807, 2.05) is 0 Å². The molecule has 0 radical (unpaired) electrons. The number of aromatic nitrogens is 3. The fourth-order valence-corrected chi connectivity index (χ4v) is 2.62. The molecule has 17 heavy (non-hydrogen) atoms. The molecule has 1 unspecified atom stereocenters. The van der Waals surface area contributed by atoms with E-state index in [0.717, 1.165) is 23.1 Å². The van der Waals surface area contributed by atoms with Crippen molar-refractivity contribution >= 4 is 21.6 Å². The van der Waals surface area contributed by atoms with Crippen LogP contribution in [0.5, 0.6) is 0 Å². The second kappa shape index (κ2) is 4.27. The lowest BCUT2D eigenvalue weighted by Crippen LogP contribution is -2.29. The van der Waals surface area contributed by atoms with Gasteiger partial charge in [-0.1, -0.05) is 6.42 Å². The van der Waals surface area contributed by atoms with Gasteiger partial charge >= 0.3 is 0 Å². The summed E-state index contributed by atoms with van der Waals surface area (Å²) in [6, 6.07) is 1.82. The Labute approximate surface area is 106 Å². The first kappa shape index (κ1) is 11.0. The van der Waals surface area contributed by atoms with Crippen LogP contribution in [-0.4, -0.2) is 21.1 Å². The Kier molecular flexibility index (Phi) is 2.76. The van der Waals surface area contributed by atoms with Crippen molar-refractivity contribution in [2.45, 2.75) is 25.3 Å². The van der Waals surface area contributed by atoms with E-state index in [1.165, 1.54) is 17.4 Å². The molecule has 1 aliphatic rings. The van der Waals surface area contributed by atoms with Gasteiger partial charge in [-0.15, -0.1) is 0 Å². The van der Waals surface area contributed by atoms with Crippen LogP contribution in [0.15, 0.2) is 21.5 Å². The number of nitrogens with one attached hydrogen (secondary N) is 2. The molecule has 1 saturated heterocycles. The van der Waals surface area contributed by atoms with E-state index in [2.05, 4.69) is 31.3 Å². The number of halogens is 1. The van der Waals surface area contributed by atoms with Crippen molar-refractivity contribution in [3.05, 3.63) is 32.8 Å². The fraction of sp³-hybridized carbons (Fsp3) is 0.455. The average Bonchev–Trinajstić information content (AvgIpc) is 2.73. The van der Waals surface area contributed by atoms with Gasteiger partial charge in [0.25, 0.3) is 5.56 Å². The highest BCUT2D eigenvalue weighted by Gasteiger charge is 2.18. The van der Waals surface area contributed by atoms with E-state index < -0.39 is 0 Å². The van der Waals surface area contributed by atoms with Crippen LogP contribution in [0.1, 0.15) is 31.0 Å². The van der Waals surface area contributed by atoms with E-state index in [4.69, 9.17) is 0 Å². The largest absolute Gasteiger partial charge is 0.309 e. The van der Waals surface area contributed by atoms with Gasteiger partial charge < -0.3 is 5.32 Å². The molecule has 0 saturated carbocycles. The summed E-state index contributed by atoms with van der Waals surface area (Å²) < 4.78 is 2.25. The van der Waals surface area contributed by atoms with Gasteiger partial charge in [0, 0.05) is 18.3 Å². The summed E-state index contributed by atoms with van der Waals surface area (Å²) in [4.78, 5) is 16.4. The van der Waals surface area contributed by atoms with Crippen LogP contribution in [0.2, 0.25) is 0 Å². The monoisotopic (exact) mass is 296 g/mol. The molecule has 2 N–H and O–H groups in total. The molecule has 0 aliphatic carbocycles. The van der Waals surface area contributed by atoms with Gasteiger partial charge in [-0.25, -0.2) is 9.50 Å². The predicted molar refractivity (Wildman–Crippen MR) is 68.1 cm³/mol. The zero-order chi connectivity index (χ0) is 11.8. The van der Waals surface area contributed by atoms with Crippen molar-refractivity contribution in [1.29, 1.82) is 0 Å². The minimum Gasteiger partial charge on any atom is -0.309 e. The van der Waals surface area contributed by atoms with Gasteiger partial charge in [0.15, 0.2) is 5.65 Å². The summed E-state index contributed by atoms with van der Waals surface area (Å²) in [5.74, 6) is 0. The quantitative estimate of drug-likeness (QED) is 0.840. The number of hydrogen-bond donors (Lipinski definition) is 2. The first-order valence-corrected chi connectivity index (χ1v) is 6.55. The number of nitrogens with zero attached hydrogens (tertiary/aromatic N) is 2. The maximum absolute atomic E-state index is 11.9. The van der Waals surface area contributed by atoms with E-state index in [1.54, 1.807) is 12.3 Å². The third-order valence-electron chi connectivity index (χ3n) is 3.14. The van der Waals surface area contributed by atoms with Crippen LogP contribution >= 0.6 is 15.9 Å². The smallest absolute Gasteiger partial charge is 0.272 e. The van der Waals surface area contributed by atoms with Gasteiger partial charge in [0.1, 0.15) is 0 Å². The van der Waals surface area contributed by atoms with Crippen LogP contribution in [0.4, 0.5) is 0 Å². The molecule has 6 heteroatoms. The number of fused-ring (bicyclic) bond motifs is 1. The van der Waals surface area contributed by atoms with Gasteiger partial charge in [0.2, 0.25) is 0 Å². The van der Waals surface area contributed by atoms with Gasteiger partial charge in [-0.05, 0) is 35.3 Å². The highest BCUT2D eigenvalue weighted by atomic mass is 79.9. The second-order valence-corrected chi connectivity index (χ2v) is 5.16. The molecular weight excluding hydrogens is 284 g/mol. The van der Waals surface area contributed by atoms with Crippen molar-refractivity contribution in [3.8, 4) is 0 Å². The molecule has 1 fully saturated rings. The zero-order valence-electron chi connectivity index (χ0n) is 9.24. The maximum Gasteiger partial charge on any atom is 0.272 e. The summed E-state index contributed by atoms with van der Waals surface area (Å²) in [7, 11) is 0. The lowest BCUT2D eigenvalue weighted by Gasteiger charge is -2.22. The Hall–Kier alpha value is -1.14. The molecule has 0 amide bonds. The number of piperidine rings is 1. The van der Waals surface area contributed by atoms with Crippen molar-refractivity contribution in [2.75, 3.05) is 6.54 Å². The zero-order valence-corrected chi connectivity index (χ0v) is 10.8. The van der Waals surface area contributed by atoms with Crippen molar-refractivity contribution in [3.63, 3.8) is 0 Å². The minimum atomic E-state index is -0.0666. The maximum atomic E-state index is 11.9. The Balaban J connectivity index is 2.10. The topological polar surface area (TPSA) is 62.2 Å². The van der Waals surface area contributed by atoms with Crippen LogP contribution in [0.25, 0.3) is 5.65 Å². The number of hydrogen-bond acceptors (Lipinski definition) is 3. The van der Waals surface area contributed by atoms with E-state index in [9.17, 15) is 4.79 Å². The van der Waals surface area contributed by atoms with Crippen molar-refractivity contribution in [1.82, 2.24) is 19.9 Å². The fourth-order valence-electron chi connectivity index (χ4n) is 2.25. The Morgan fingerprint density at radius 3 is 3.12 bits per heavy atom. The first-order valence-electron chi connectivity index (χ1n) is 5.75. The molecule has 1 aliphatic heterocycles. The predicted octanol–water partition coefficient (Wildman–Crippen LogP) is 1.60. The molecule has 2 aromatic heterocycles. The summed E-state index contributed by atoms with van der Waals surface area (Å²) in [6.07, 6.45) is 5.16. The number of rotatable bonds is 1. The molecule has 1 atom stereocenters. The lowest BCUT2D eigenvalue weighted by molar-refractivity contribution is 0.405. The summed E-state index contributed by atoms with van der Waals surface area (Å²) in [5, 5.41) is 6.26. The lowest BCUT2D eigenvalue weighted by atomic mass is 10.0. The van der Waals surface area contributed by atoms with E-state index in [0.29, 0.717) is 5.65 Å². The minimum absolute atomic E-state index is 0.0666. The molecule has 3 heterocycles. The van der Waals surface area contributed by atoms with Crippen molar-refractivity contribution < 1.29 is 0 Å². The van der Waals surface area contributed by atoms with Crippen LogP contribution in [0.3, 0.4) is 0 Å². The summed E-state index contributed by atoms with van der Waals surface area (Å²) in [6.45, 7) is 1.00. The Bertz CT molecular complexity index is 597. The molecule has 0 bridgehead atoms. The van der Waals surface area contributed by atoms with Crippen LogP contribution < -0.4 is 10.9 Å². The highest BCUT2D eigenvalue weighted by Crippen LogP contribution is 2.22. The normalized spacial score (nSPS) is 20.9. The Morgan fingerprint density at radius 1 is 1.47 bits per heavy atom. The Morgan fingerprint density at radius 2 is 2.35 bits per heavy atom. The third-order valence-corrected chi connectivity index (χ3v) is 3.72. The average molecular weight is 297 g/mol. The molecule has 2 aromatic rings. The van der Waals surface area contributed by atoms with Gasteiger partial charge in [0.05, 0.1) is 10.2 Å². The SMILES string of the molecule is O=c1cc(C2CCCCN2)nc2c(Br)c[nH]n12. The second-order valence-electron chi connectivity index (χ2n) is 4.30. The standard InChI is InChI=1S/C11H13BrN4O/c12-7-6-14-16-10(17)5-9(15-11(7)16)8-3-1-2-4-13-8/h5-6,8,13-14H,1-4H2. The van der Waals surface area contributed by atoms with Crippen LogP contribution in [-0.2, 0) is 0 Å². The number of H-pyrrole nitrogens is 1. The number of aromatic amines is 1. The van der Waals surface area contributed by atoms with E-state index in [-0.39, 0.29) is 11.6 Å². The molecule has 5 nitrogen and oxygen atoms in total. The molecule has 90 valence electrons. The molecular formula is C11H13BrN4O. The summed E-state index contributed by atoms with van der Waals surface area (Å²) in [5.41, 5.74) is 1.43. The first-order chi connectivity index (χ1) is 8.25. The van der Waals surface area contributed by atoms with Crippen LogP contribution in [0, 0.1) is 0 Å². The van der Waals surface area contributed by atoms with Gasteiger partial charge in [-0.3, -0.25) is 9.89 Å². The highest BCUT2D eigenvalue weighted by molar-refractivity contribution is 9.10. The molecule has 0 aromatic carbocycles. The third kappa shape index (κ3) is 1.91. The summed E-state index contributed by atoms with van der Waals surface area (Å²) >= 11 is 3.39. The molecule has 3 rings (SSSR count). The van der Waals surface area contributed by atoms with Crippen molar-refractivity contribution in [2.24, 2.45) is 0 Å². The van der Waals surface area contributed by atoms with E-state index >= 15 is 0 Å². The molecule has 0 spiro atoms. The van der Waals surface area contributed by atoms with Gasteiger partial charge in [-0.2, -0.15) is 0 Å².